The molecule has 0 aliphatic carbocycles. The fourth-order valence-electron chi connectivity index (χ4n) is 3.16. The van der Waals surface area contributed by atoms with Gasteiger partial charge in [0.1, 0.15) is 18.5 Å². The van der Waals surface area contributed by atoms with Gasteiger partial charge in [-0.3, -0.25) is 9.59 Å². The van der Waals surface area contributed by atoms with E-state index in [0.29, 0.717) is 29.5 Å². The van der Waals surface area contributed by atoms with Crippen molar-refractivity contribution in [3.63, 3.8) is 0 Å². The van der Waals surface area contributed by atoms with Crippen molar-refractivity contribution in [1.82, 2.24) is 4.90 Å². The lowest BCUT2D eigenvalue weighted by molar-refractivity contribution is -0.0401. The van der Waals surface area contributed by atoms with Crippen molar-refractivity contribution in [2.45, 2.75) is 17.9 Å². The third-order valence-electron chi connectivity index (χ3n) is 4.77. The number of rotatable bonds is 6. The van der Waals surface area contributed by atoms with E-state index >= 15 is 0 Å². The number of ketones is 1. The molecule has 0 bridgehead atoms. The van der Waals surface area contributed by atoms with Crippen LogP contribution in [-0.2, 0) is 14.6 Å². The van der Waals surface area contributed by atoms with Gasteiger partial charge in [0.25, 0.3) is 5.91 Å². The molecule has 1 heterocycles. The van der Waals surface area contributed by atoms with Crippen LogP contribution in [0.1, 0.15) is 27.6 Å². The highest BCUT2D eigenvalue weighted by Gasteiger charge is 2.27. The van der Waals surface area contributed by atoms with Crippen LogP contribution >= 0.6 is 23.2 Å². The number of sulfone groups is 1. The monoisotopic (exact) mass is 485 g/mol. The fourth-order valence-corrected chi connectivity index (χ4v) is 4.31. The quantitative estimate of drug-likeness (QED) is 0.581. The molecule has 166 valence electrons. The van der Waals surface area contributed by atoms with Gasteiger partial charge < -0.3 is 14.4 Å². The number of morpholine rings is 1. The van der Waals surface area contributed by atoms with Crippen LogP contribution in [0.5, 0.6) is 5.75 Å². The second-order valence-electron chi connectivity index (χ2n) is 7.17. The topological polar surface area (TPSA) is 90.0 Å². The highest BCUT2D eigenvalue weighted by molar-refractivity contribution is 7.90. The molecule has 31 heavy (non-hydrogen) atoms. The first-order chi connectivity index (χ1) is 14.6. The fraction of sp³-hybridized carbons (Fsp3) is 0.333. The molecule has 1 fully saturated rings. The van der Waals surface area contributed by atoms with E-state index in [1.807, 2.05) is 0 Å². The summed E-state index contributed by atoms with van der Waals surface area (Å²) in [6.07, 6.45) is 0.660. The number of amides is 1. The number of carbonyl (C=O) groups is 2. The largest absolute Gasteiger partial charge is 0.490 e. The number of hydrogen-bond donors (Lipinski definition) is 0. The Morgan fingerprint density at radius 2 is 1.90 bits per heavy atom. The number of hydrogen-bond acceptors (Lipinski definition) is 6. The number of benzene rings is 2. The predicted molar refractivity (Wildman–Crippen MR) is 117 cm³/mol. The van der Waals surface area contributed by atoms with Gasteiger partial charge in [-0.25, -0.2) is 8.42 Å². The first-order valence-electron chi connectivity index (χ1n) is 9.40. The number of carbonyl (C=O) groups excluding carboxylic acids is 2. The molecule has 0 N–H and O–H groups in total. The maximum absolute atomic E-state index is 12.9. The minimum atomic E-state index is -3.43. The maximum atomic E-state index is 12.9. The molecule has 1 saturated heterocycles. The van der Waals surface area contributed by atoms with Gasteiger partial charge in [-0.1, -0.05) is 23.2 Å². The normalized spacial score (nSPS) is 16.8. The van der Waals surface area contributed by atoms with Gasteiger partial charge in [0.05, 0.1) is 34.2 Å². The Bertz CT molecular complexity index is 1120. The summed E-state index contributed by atoms with van der Waals surface area (Å²) < 4.78 is 34.8. The van der Waals surface area contributed by atoms with Gasteiger partial charge in [-0.2, -0.15) is 0 Å². The lowest BCUT2D eigenvalue weighted by atomic mass is 10.1. The summed E-state index contributed by atoms with van der Waals surface area (Å²) in [7, 11) is -3.43. The zero-order chi connectivity index (χ0) is 22.8. The molecule has 1 aliphatic rings. The van der Waals surface area contributed by atoms with Crippen LogP contribution in [0.25, 0.3) is 0 Å². The standard InChI is InChI=1S/C21H21Cl2NO6S/c1-13(25)18-9-14(22)3-6-20(18)30-12-15-11-24(7-8-29-15)21(26)17-5-4-16(10-19(17)23)31(2,27)28/h3-6,9-10,15H,7-8,11-12H2,1-2H3. The van der Waals surface area contributed by atoms with Crippen LogP contribution < -0.4 is 4.74 Å². The van der Waals surface area contributed by atoms with Crippen LogP contribution in [0.3, 0.4) is 0 Å². The molecule has 10 heteroatoms. The molecule has 2 aromatic rings. The molecule has 0 aromatic heterocycles. The lowest BCUT2D eigenvalue weighted by Gasteiger charge is -2.33. The zero-order valence-corrected chi connectivity index (χ0v) is 19.3. The SMILES string of the molecule is CC(=O)c1cc(Cl)ccc1OCC1CN(C(=O)c2ccc(S(C)(=O)=O)cc2Cl)CCO1. The summed E-state index contributed by atoms with van der Waals surface area (Å²) in [5.74, 6) is -0.108. The molecule has 7 nitrogen and oxygen atoms in total. The van der Waals surface area contributed by atoms with Crippen LogP contribution in [-0.4, -0.2) is 63.7 Å². The van der Waals surface area contributed by atoms with E-state index in [-0.39, 0.29) is 40.3 Å². The Kier molecular flexibility index (Phi) is 7.26. The van der Waals surface area contributed by atoms with E-state index in [4.69, 9.17) is 32.7 Å². The molecule has 0 spiro atoms. The molecular weight excluding hydrogens is 465 g/mol. The summed E-state index contributed by atoms with van der Waals surface area (Å²) in [6.45, 7) is 2.48. The second kappa shape index (κ2) is 9.56. The van der Waals surface area contributed by atoms with E-state index in [1.165, 1.54) is 25.1 Å². The minimum Gasteiger partial charge on any atom is -0.490 e. The highest BCUT2D eigenvalue weighted by atomic mass is 35.5. The Balaban J connectivity index is 1.68. The molecule has 0 saturated carbocycles. The van der Waals surface area contributed by atoms with Crippen molar-refractivity contribution in [2.24, 2.45) is 0 Å². The summed E-state index contributed by atoms with van der Waals surface area (Å²) in [5.41, 5.74) is 0.584. The Morgan fingerprint density at radius 3 is 2.55 bits per heavy atom. The maximum Gasteiger partial charge on any atom is 0.255 e. The van der Waals surface area contributed by atoms with Gasteiger partial charge in [-0.05, 0) is 43.3 Å². The zero-order valence-electron chi connectivity index (χ0n) is 16.9. The van der Waals surface area contributed by atoms with Crippen LogP contribution in [0, 0.1) is 0 Å². The Labute approximate surface area is 190 Å². The third kappa shape index (κ3) is 5.77. The van der Waals surface area contributed by atoms with Crippen molar-refractivity contribution >= 4 is 44.7 Å². The summed E-state index contributed by atoms with van der Waals surface area (Å²) >= 11 is 12.1. The summed E-state index contributed by atoms with van der Waals surface area (Å²) in [4.78, 5) is 26.4. The Hall–Kier alpha value is -2.13. The van der Waals surface area contributed by atoms with Gasteiger partial charge in [0, 0.05) is 17.8 Å². The summed E-state index contributed by atoms with van der Waals surface area (Å²) in [5, 5.41) is 0.501. The van der Waals surface area contributed by atoms with E-state index in [2.05, 4.69) is 0 Å². The van der Waals surface area contributed by atoms with Crippen molar-refractivity contribution < 1.29 is 27.5 Å². The predicted octanol–water partition coefficient (Wildman–Crippen LogP) is 3.52. The number of halogens is 2. The molecule has 1 atom stereocenters. The van der Waals surface area contributed by atoms with Crippen molar-refractivity contribution in [1.29, 1.82) is 0 Å². The lowest BCUT2D eigenvalue weighted by Crippen LogP contribution is -2.47. The Morgan fingerprint density at radius 1 is 1.16 bits per heavy atom. The molecule has 1 unspecified atom stereocenters. The molecular formula is C21H21Cl2NO6S. The van der Waals surface area contributed by atoms with E-state index < -0.39 is 15.9 Å². The smallest absolute Gasteiger partial charge is 0.255 e. The molecule has 0 radical (unpaired) electrons. The van der Waals surface area contributed by atoms with E-state index in [0.717, 1.165) is 6.26 Å². The molecule has 1 aliphatic heterocycles. The van der Waals surface area contributed by atoms with Crippen molar-refractivity contribution in [2.75, 3.05) is 32.6 Å². The second-order valence-corrected chi connectivity index (χ2v) is 10.0. The number of Topliss-reactive ketones (excluding diaryl/α,β-unsaturated/α-hetero) is 1. The van der Waals surface area contributed by atoms with Crippen LogP contribution in [0.2, 0.25) is 10.0 Å². The van der Waals surface area contributed by atoms with Crippen molar-refractivity contribution in [3.05, 3.63) is 57.6 Å². The summed E-state index contributed by atoms with van der Waals surface area (Å²) in [6, 6.07) is 8.83. The van der Waals surface area contributed by atoms with Crippen LogP contribution in [0.4, 0.5) is 0 Å². The number of nitrogens with zero attached hydrogens (tertiary/aromatic N) is 1. The first-order valence-corrected chi connectivity index (χ1v) is 12.0. The molecule has 1 amide bonds. The first kappa shape index (κ1) is 23.5. The average molecular weight is 486 g/mol. The molecule has 3 rings (SSSR count). The van der Waals surface area contributed by atoms with Gasteiger partial charge in [0.15, 0.2) is 15.6 Å². The van der Waals surface area contributed by atoms with Crippen molar-refractivity contribution in [3.8, 4) is 5.75 Å². The van der Waals surface area contributed by atoms with E-state index in [1.54, 1.807) is 23.1 Å². The minimum absolute atomic E-state index is 0.0477. The average Bonchev–Trinajstić information content (AvgIpc) is 2.71. The highest BCUT2D eigenvalue weighted by Crippen LogP contribution is 2.25. The molecule has 2 aromatic carbocycles. The van der Waals surface area contributed by atoms with E-state index in [9.17, 15) is 18.0 Å². The van der Waals surface area contributed by atoms with Gasteiger partial charge in [0.2, 0.25) is 0 Å². The third-order valence-corrected chi connectivity index (χ3v) is 6.43. The number of ether oxygens (including phenoxy) is 2. The van der Waals surface area contributed by atoms with Gasteiger partial charge >= 0.3 is 0 Å². The van der Waals surface area contributed by atoms with Crippen LogP contribution in [0.15, 0.2) is 41.3 Å². The van der Waals surface area contributed by atoms with Gasteiger partial charge in [-0.15, -0.1) is 0 Å².